The van der Waals surface area contributed by atoms with Crippen LogP contribution in [0.25, 0.3) is 0 Å². The largest absolute Gasteiger partial charge is 0.448 e. The topological polar surface area (TPSA) is 38.1 Å². The Hall–Kier alpha value is -0.830. The first-order valence-corrected chi connectivity index (χ1v) is 5.05. The highest BCUT2D eigenvalue weighted by Gasteiger charge is 2.20. The Labute approximate surface area is 85.9 Å². The molecule has 0 aliphatic heterocycles. The zero-order valence-corrected chi connectivity index (χ0v) is 9.72. The van der Waals surface area contributed by atoms with E-state index >= 15 is 0 Å². The second-order valence-corrected chi connectivity index (χ2v) is 4.79. The van der Waals surface area contributed by atoms with E-state index in [-0.39, 0.29) is 5.41 Å². The third-order valence-corrected chi connectivity index (χ3v) is 2.20. The number of aromatic nitrogens is 1. The Morgan fingerprint density at radius 2 is 2.14 bits per heavy atom. The predicted molar refractivity (Wildman–Crippen MR) is 57.4 cm³/mol. The van der Waals surface area contributed by atoms with Crippen molar-refractivity contribution in [2.45, 2.75) is 45.6 Å². The molecule has 1 rings (SSSR count). The van der Waals surface area contributed by atoms with Crippen LogP contribution in [0.5, 0.6) is 0 Å². The van der Waals surface area contributed by atoms with Crippen LogP contribution in [0.1, 0.15) is 39.3 Å². The van der Waals surface area contributed by atoms with Gasteiger partial charge >= 0.3 is 0 Å². The van der Waals surface area contributed by atoms with Crippen LogP contribution in [0.15, 0.2) is 10.7 Å². The Morgan fingerprint density at radius 3 is 2.57 bits per heavy atom. The minimum atomic E-state index is 0.00112. The van der Waals surface area contributed by atoms with Gasteiger partial charge in [0, 0.05) is 17.9 Å². The number of nitrogens with one attached hydrogen (secondary N) is 1. The van der Waals surface area contributed by atoms with Crippen molar-refractivity contribution in [2.24, 2.45) is 0 Å². The van der Waals surface area contributed by atoms with Crippen LogP contribution in [0.2, 0.25) is 0 Å². The van der Waals surface area contributed by atoms with Crippen molar-refractivity contribution in [2.75, 3.05) is 7.05 Å². The van der Waals surface area contributed by atoms with Crippen LogP contribution in [0.3, 0.4) is 0 Å². The molecule has 1 N–H and O–H groups in total. The number of nitrogens with zero attached hydrogens (tertiary/aromatic N) is 1. The van der Waals surface area contributed by atoms with Gasteiger partial charge in [-0.25, -0.2) is 4.98 Å². The monoisotopic (exact) mass is 196 g/mol. The maximum absolute atomic E-state index is 5.44. The van der Waals surface area contributed by atoms with Gasteiger partial charge < -0.3 is 9.73 Å². The Morgan fingerprint density at radius 1 is 1.50 bits per heavy atom. The quantitative estimate of drug-likeness (QED) is 0.804. The van der Waals surface area contributed by atoms with E-state index in [4.69, 9.17) is 4.42 Å². The average molecular weight is 196 g/mol. The lowest BCUT2D eigenvalue weighted by Gasteiger charge is -2.12. The summed E-state index contributed by atoms with van der Waals surface area (Å²) in [5.74, 6) is 0.816. The summed E-state index contributed by atoms with van der Waals surface area (Å²) in [5.41, 5.74) is 1.03. The maximum Gasteiger partial charge on any atom is 0.199 e. The third kappa shape index (κ3) is 2.84. The molecule has 0 bridgehead atoms. The zero-order valence-electron chi connectivity index (χ0n) is 9.72. The lowest BCUT2D eigenvalue weighted by Crippen LogP contribution is -2.23. The lowest BCUT2D eigenvalue weighted by molar-refractivity contribution is 0.392. The average Bonchev–Trinajstić information content (AvgIpc) is 2.51. The molecule has 80 valence electrons. The fourth-order valence-electron chi connectivity index (χ4n) is 1.16. The molecule has 0 radical (unpaired) electrons. The number of likely N-dealkylation sites (N-methyl/N-ethyl adjacent to an activating group) is 1. The summed E-state index contributed by atoms with van der Waals surface area (Å²) < 4.78 is 5.44. The molecule has 0 amide bonds. The predicted octanol–water partition coefficient (Wildman–Crippen LogP) is 2.12. The molecule has 1 aromatic rings. The smallest absolute Gasteiger partial charge is 0.199 e. The minimum absolute atomic E-state index is 0.00112. The van der Waals surface area contributed by atoms with Crippen LogP contribution in [-0.2, 0) is 11.8 Å². The SMILES string of the molecule is CNC(C)Cc1coc(C(C)(C)C)n1. The number of rotatable bonds is 3. The highest BCUT2D eigenvalue weighted by atomic mass is 16.3. The van der Waals surface area contributed by atoms with Gasteiger partial charge in [-0.2, -0.15) is 0 Å². The first-order chi connectivity index (χ1) is 6.43. The summed E-state index contributed by atoms with van der Waals surface area (Å²) in [6.07, 6.45) is 2.67. The fraction of sp³-hybridized carbons (Fsp3) is 0.727. The van der Waals surface area contributed by atoms with E-state index in [2.05, 4.69) is 38.0 Å². The highest BCUT2D eigenvalue weighted by Crippen LogP contribution is 2.21. The summed E-state index contributed by atoms with van der Waals surface area (Å²) in [7, 11) is 1.95. The number of hydrogen-bond donors (Lipinski definition) is 1. The Bertz CT molecular complexity index is 286. The Kier molecular flexibility index (Phi) is 3.32. The molecular weight excluding hydrogens is 176 g/mol. The maximum atomic E-state index is 5.44. The molecule has 1 atom stereocenters. The van der Waals surface area contributed by atoms with Gasteiger partial charge in [0.05, 0.1) is 5.69 Å². The second kappa shape index (κ2) is 4.13. The van der Waals surface area contributed by atoms with Gasteiger partial charge in [-0.05, 0) is 14.0 Å². The molecule has 1 aromatic heterocycles. The molecule has 3 nitrogen and oxygen atoms in total. The van der Waals surface area contributed by atoms with E-state index in [0.29, 0.717) is 6.04 Å². The van der Waals surface area contributed by atoms with Crippen LogP contribution < -0.4 is 5.32 Å². The lowest BCUT2D eigenvalue weighted by atomic mass is 9.97. The third-order valence-electron chi connectivity index (χ3n) is 2.20. The molecule has 3 heteroatoms. The zero-order chi connectivity index (χ0) is 10.8. The minimum Gasteiger partial charge on any atom is -0.448 e. The van der Waals surface area contributed by atoms with Crippen LogP contribution in [0, 0.1) is 0 Å². The van der Waals surface area contributed by atoms with Crippen molar-refractivity contribution in [3.8, 4) is 0 Å². The summed E-state index contributed by atoms with van der Waals surface area (Å²) >= 11 is 0. The van der Waals surface area contributed by atoms with Crippen molar-refractivity contribution in [1.82, 2.24) is 10.3 Å². The molecule has 14 heavy (non-hydrogen) atoms. The van der Waals surface area contributed by atoms with Gasteiger partial charge in [0.25, 0.3) is 0 Å². The van der Waals surface area contributed by atoms with E-state index in [9.17, 15) is 0 Å². The van der Waals surface area contributed by atoms with Gasteiger partial charge in [0.15, 0.2) is 5.89 Å². The summed E-state index contributed by atoms with van der Waals surface area (Å²) in [4.78, 5) is 4.46. The molecule has 0 aliphatic rings. The number of hydrogen-bond acceptors (Lipinski definition) is 3. The van der Waals surface area contributed by atoms with E-state index in [0.717, 1.165) is 18.0 Å². The van der Waals surface area contributed by atoms with Gasteiger partial charge in [-0.1, -0.05) is 20.8 Å². The molecule has 1 heterocycles. The molecule has 0 spiro atoms. The molecule has 0 saturated carbocycles. The first kappa shape index (κ1) is 11.2. The van der Waals surface area contributed by atoms with Crippen molar-refractivity contribution in [1.29, 1.82) is 0 Å². The summed E-state index contributed by atoms with van der Waals surface area (Å²) in [5, 5.41) is 3.18. The molecular formula is C11H20N2O. The van der Waals surface area contributed by atoms with Crippen LogP contribution in [-0.4, -0.2) is 18.1 Å². The van der Waals surface area contributed by atoms with E-state index < -0.39 is 0 Å². The summed E-state index contributed by atoms with van der Waals surface area (Å²) in [6.45, 7) is 8.43. The van der Waals surface area contributed by atoms with Gasteiger partial charge in [-0.3, -0.25) is 0 Å². The van der Waals surface area contributed by atoms with E-state index in [1.54, 1.807) is 6.26 Å². The Balaban J connectivity index is 2.69. The molecule has 1 unspecified atom stereocenters. The van der Waals surface area contributed by atoms with E-state index in [1.165, 1.54) is 0 Å². The first-order valence-electron chi connectivity index (χ1n) is 5.05. The molecule has 0 fully saturated rings. The van der Waals surface area contributed by atoms with Gasteiger partial charge in [-0.15, -0.1) is 0 Å². The van der Waals surface area contributed by atoms with Crippen molar-refractivity contribution >= 4 is 0 Å². The van der Waals surface area contributed by atoms with E-state index in [1.807, 2.05) is 7.05 Å². The number of oxazole rings is 1. The standard InChI is InChI=1S/C11H20N2O/c1-8(12-5)6-9-7-14-10(13-9)11(2,3)4/h7-8,12H,6H2,1-5H3. The van der Waals surface area contributed by atoms with Crippen LogP contribution in [0.4, 0.5) is 0 Å². The molecule has 0 saturated heterocycles. The van der Waals surface area contributed by atoms with Crippen molar-refractivity contribution in [3.05, 3.63) is 17.8 Å². The molecule has 0 aromatic carbocycles. The van der Waals surface area contributed by atoms with Gasteiger partial charge in [0.1, 0.15) is 6.26 Å². The van der Waals surface area contributed by atoms with Gasteiger partial charge in [0.2, 0.25) is 0 Å². The van der Waals surface area contributed by atoms with Crippen molar-refractivity contribution < 1.29 is 4.42 Å². The highest BCUT2D eigenvalue weighted by molar-refractivity contribution is 5.05. The van der Waals surface area contributed by atoms with Crippen molar-refractivity contribution in [3.63, 3.8) is 0 Å². The molecule has 0 aliphatic carbocycles. The van der Waals surface area contributed by atoms with Crippen LogP contribution >= 0.6 is 0 Å². The fourth-order valence-corrected chi connectivity index (χ4v) is 1.16. The second-order valence-electron chi connectivity index (χ2n) is 4.79. The normalized spacial score (nSPS) is 14.4. The summed E-state index contributed by atoms with van der Waals surface area (Å²) in [6, 6.07) is 0.438.